The van der Waals surface area contributed by atoms with Gasteiger partial charge in [0.15, 0.2) is 0 Å². The predicted molar refractivity (Wildman–Crippen MR) is 147 cm³/mol. The van der Waals surface area contributed by atoms with Crippen molar-refractivity contribution in [2.24, 2.45) is 0 Å². The molecule has 1 N–H and O–H groups in total. The minimum Gasteiger partial charge on any atom is -0.355 e. The third kappa shape index (κ3) is 7.25. The standard InChI is InChI=1S/C27H29Cl2N3O4S/c1-3-25(27(34)30-4-2)31(18-20-10-12-21(28)13-11-20)26(33)19-32(23-8-6-5-7-9-23)37(35,36)24-16-14-22(29)15-17-24/h5-17,25H,3-4,18-19H2,1-2H3,(H,30,34)/t25-/m0/s1. The van der Waals surface area contributed by atoms with Crippen LogP contribution in [0.5, 0.6) is 0 Å². The van der Waals surface area contributed by atoms with Crippen molar-refractivity contribution in [2.45, 2.75) is 37.8 Å². The average molecular weight is 563 g/mol. The lowest BCUT2D eigenvalue weighted by molar-refractivity contribution is -0.140. The number of para-hydroxylation sites is 1. The van der Waals surface area contributed by atoms with E-state index in [1.165, 1.54) is 29.2 Å². The van der Waals surface area contributed by atoms with Crippen molar-refractivity contribution in [3.05, 3.63) is 94.5 Å². The van der Waals surface area contributed by atoms with Crippen LogP contribution in [0.2, 0.25) is 10.0 Å². The molecule has 10 heteroatoms. The maximum atomic E-state index is 13.8. The first-order valence-corrected chi connectivity index (χ1v) is 14.0. The molecular formula is C27H29Cl2N3O4S. The van der Waals surface area contributed by atoms with Crippen LogP contribution in [0.3, 0.4) is 0 Å². The fourth-order valence-electron chi connectivity index (χ4n) is 3.85. The molecule has 0 saturated heterocycles. The quantitative estimate of drug-likeness (QED) is 0.351. The molecule has 0 heterocycles. The fraction of sp³-hybridized carbons (Fsp3) is 0.259. The Kier molecular flexibility index (Phi) is 9.97. The predicted octanol–water partition coefficient (Wildman–Crippen LogP) is 5.13. The fourth-order valence-corrected chi connectivity index (χ4v) is 5.52. The number of amides is 2. The van der Waals surface area contributed by atoms with Crippen LogP contribution in [0.25, 0.3) is 0 Å². The molecular weight excluding hydrogens is 533 g/mol. The van der Waals surface area contributed by atoms with E-state index in [0.717, 1.165) is 9.87 Å². The SMILES string of the molecule is CCNC(=O)[C@H](CC)N(Cc1ccc(Cl)cc1)C(=O)CN(c1ccccc1)S(=O)(=O)c1ccc(Cl)cc1. The number of nitrogens with one attached hydrogen (secondary N) is 1. The first kappa shape index (κ1) is 28.5. The molecule has 3 rings (SSSR count). The number of likely N-dealkylation sites (N-methyl/N-ethyl adjacent to an activating group) is 1. The van der Waals surface area contributed by atoms with Gasteiger partial charge in [-0.2, -0.15) is 0 Å². The highest BCUT2D eigenvalue weighted by molar-refractivity contribution is 7.92. The summed E-state index contributed by atoms with van der Waals surface area (Å²) in [5, 5.41) is 3.71. The first-order chi connectivity index (χ1) is 17.7. The van der Waals surface area contributed by atoms with Crippen LogP contribution >= 0.6 is 23.2 Å². The van der Waals surface area contributed by atoms with Gasteiger partial charge in [0.25, 0.3) is 10.0 Å². The van der Waals surface area contributed by atoms with Gasteiger partial charge >= 0.3 is 0 Å². The molecule has 3 aromatic carbocycles. The first-order valence-electron chi connectivity index (χ1n) is 11.8. The van der Waals surface area contributed by atoms with Crippen LogP contribution in [0.15, 0.2) is 83.8 Å². The molecule has 3 aromatic rings. The molecule has 2 amide bonds. The number of nitrogens with zero attached hydrogens (tertiary/aromatic N) is 2. The highest BCUT2D eigenvalue weighted by Gasteiger charge is 2.33. The summed E-state index contributed by atoms with van der Waals surface area (Å²) in [5.74, 6) is -0.825. The molecule has 0 aliphatic heterocycles. The van der Waals surface area contributed by atoms with Crippen LogP contribution in [-0.2, 0) is 26.2 Å². The number of hydrogen-bond acceptors (Lipinski definition) is 4. The van der Waals surface area contributed by atoms with E-state index in [9.17, 15) is 18.0 Å². The van der Waals surface area contributed by atoms with E-state index in [2.05, 4.69) is 5.32 Å². The topological polar surface area (TPSA) is 86.8 Å². The Morgan fingerprint density at radius 1 is 0.865 bits per heavy atom. The molecule has 0 aliphatic rings. The summed E-state index contributed by atoms with van der Waals surface area (Å²) in [7, 11) is -4.13. The summed E-state index contributed by atoms with van der Waals surface area (Å²) in [6, 6.07) is 20.3. The monoisotopic (exact) mass is 561 g/mol. The highest BCUT2D eigenvalue weighted by atomic mass is 35.5. The van der Waals surface area contributed by atoms with Gasteiger partial charge in [-0.05, 0) is 67.4 Å². The Bertz CT molecular complexity index is 1300. The number of rotatable bonds is 11. The number of sulfonamides is 1. The van der Waals surface area contributed by atoms with Gasteiger partial charge in [0.1, 0.15) is 12.6 Å². The van der Waals surface area contributed by atoms with E-state index in [1.807, 2.05) is 6.92 Å². The minimum absolute atomic E-state index is 0.00595. The molecule has 196 valence electrons. The van der Waals surface area contributed by atoms with Crippen molar-refractivity contribution < 1.29 is 18.0 Å². The molecule has 37 heavy (non-hydrogen) atoms. The maximum absolute atomic E-state index is 13.8. The molecule has 0 spiro atoms. The average Bonchev–Trinajstić information content (AvgIpc) is 2.89. The number of carbonyl (C=O) groups excluding carboxylic acids is 2. The third-order valence-electron chi connectivity index (χ3n) is 5.73. The normalized spacial score (nSPS) is 12.0. The summed E-state index contributed by atoms with van der Waals surface area (Å²) < 4.78 is 28.4. The second-order valence-electron chi connectivity index (χ2n) is 8.27. The molecule has 0 unspecified atom stereocenters. The summed E-state index contributed by atoms with van der Waals surface area (Å²) in [6.45, 7) is 3.61. The van der Waals surface area contributed by atoms with Crippen LogP contribution in [0, 0.1) is 0 Å². The van der Waals surface area contributed by atoms with Crippen LogP contribution in [0.1, 0.15) is 25.8 Å². The molecule has 0 aliphatic carbocycles. The van der Waals surface area contributed by atoms with E-state index < -0.39 is 28.5 Å². The van der Waals surface area contributed by atoms with Gasteiger partial charge in [-0.1, -0.05) is 60.5 Å². The zero-order valence-corrected chi connectivity index (χ0v) is 22.9. The van der Waals surface area contributed by atoms with Crippen molar-refractivity contribution in [3.63, 3.8) is 0 Å². The zero-order chi connectivity index (χ0) is 27.0. The van der Waals surface area contributed by atoms with Crippen molar-refractivity contribution >= 4 is 50.7 Å². The van der Waals surface area contributed by atoms with Crippen LogP contribution in [-0.4, -0.2) is 44.3 Å². The molecule has 0 saturated carbocycles. The summed E-state index contributed by atoms with van der Waals surface area (Å²) >= 11 is 12.0. The lowest BCUT2D eigenvalue weighted by Gasteiger charge is -2.33. The van der Waals surface area contributed by atoms with E-state index in [4.69, 9.17) is 23.2 Å². The maximum Gasteiger partial charge on any atom is 0.264 e. The number of hydrogen-bond donors (Lipinski definition) is 1. The van der Waals surface area contributed by atoms with Gasteiger partial charge in [-0.15, -0.1) is 0 Å². The van der Waals surface area contributed by atoms with Crippen molar-refractivity contribution in [3.8, 4) is 0 Å². The molecule has 0 aromatic heterocycles. The summed E-state index contributed by atoms with van der Waals surface area (Å²) in [4.78, 5) is 28.1. The molecule has 0 fully saturated rings. The number of halogens is 2. The lowest BCUT2D eigenvalue weighted by Crippen LogP contribution is -2.52. The van der Waals surface area contributed by atoms with Crippen LogP contribution in [0.4, 0.5) is 5.69 Å². The van der Waals surface area contributed by atoms with Gasteiger partial charge in [0.2, 0.25) is 11.8 Å². The van der Waals surface area contributed by atoms with Gasteiger partial charge in [-0.25, -0.2) is 8.42 Å². The Labute approximate surface area is 228 Å². The highest BCUT2D eigenvalue weighted by Crippen LogP contribution is 2.25. The third-order valence-corrected chi connectivity index (χ3v) is 8.02. The van der Waals surface area contributed by atoms with Crippen molar-refractivity contribution in [2.75, 3.05) is 17.4 Å². The van der Waals surface area contributed by atoms with E-state index in [0.29, 0.717) is 28.7 Å². The second-order valence-corrected chi connectivity index (χ2v) is 11.0. The van der Waals surface area contributed by atoms with E-state index in [1.54, 1.807) is 61.5 Å². The Morgan fingerprint density at radius 2 is 1.43 bits per heavy atom. The second kappa shape index (κ2) is 12.9. The van der Waals surface area contributed by atoms with Gasteiger partial charge in [0, 0.05) is 23.1 Å². The van der Waals surface area contributed by atoms with Gasteiger partial charge < -0.3 is 10.2 Å². The van der Waals surface area contributed by atoms with E-state index >= 15 is 0 Å². The number of anilines is 1. The Balaban J connectivity index is 2.02. The van der Waals surface area contributed by atoms with Crippen molar-refractivity contribution in [1.29, 1.82) is 0 Å². The van der Waals surface area contributed by atoms with Crippen molar-refractivity contribution in [1.82, 2.24) is 10.2 Å². The largest absolute Gasteiger partial charge is 0.355 e. The Hall–Kier alpha value is -3.07. The summed E-state index contributed by atoms with van der Waals surface area (Å²) in [5.41, 5.74) is 1.08. The number of benzene rings is 3. The molecule has 0 radical (unpaired) electrons. The lowest BCUT2D eigenvalue weighted by atomic mass is 10.1. The van der Waals surface area contributed by atoms with Gasteiger partial charge in [-0.3, -0.25) is 13.9 Å². The zero-order valence-electron chi connectivity index (χ0n) is 20.6. The minimum atomic E-state index is -4.13. The molecule has 7 nitrogen and oxygen atoms in total. The number of carbonyl (C=O) groups is 2. The van der Waals surface area contributed by atoms with E-state index in [-0.39, 0.29) is 17.3 Å². The smallest absolute Gasteiger partial charge is 0.264 e. The van der Waals surface area contributed by atoms with Gasteiger partial charge in [0.05, 0.1) is 10.6 Å². The summed E-state index contributed by atoms with van der Waals surface area (Å²) in [6.07, 6.45) is 0.348. The molecule has 1 atom stereocenters. The molecule has 0 bridgehead atoms. The Morgan fingerprint density at radius 3 is 1.97 bits per heavy atom. The van der Waals surface area contributed by atoms with Crippen LogP contribution < -0.4 is 9.62 Å².